The maximum atomic E-state index is 13.8. The third-order valence-corrected chi connectivity index (χ3v) is 10.0. The number of benzene rings is 3. The average Bonchev–Trinajstić information content (AvgIpc) is 3.39. The predicted octanol–water partition coefficient (Wildman–Crippen LogP) is 7.28. The summed E-state index contributed by atoms with van der Waals surface area (Å²) < 4.78 is 30.4. The van der Waals surface area contributed by atoms with Crippen molar-refractivity contribution in [1.29, 1.82) is 0 Å². The van der Waals surface area contributed by atoms with Crippen molar-refractivity contribution in [3.8, 4) is 0 Å². The molecule has 3 aromatic rings. The number of anilines is 2. The average molecular weight is 645 g/mol. The molecule has 1 saturated heterocycles. The minimum absolute atomic E-state index is 0.0408. The number of amides is 3. The molecular weight excluding hydrogens is 617 g/mol. The first-order valence-electron chi connectivity index (χ1n) is 13.1. The van der Waals surface area contributed by atoms with Crippen LogP contribution in [0.4, 0.5) is 16.2 Å². The Morgan fingerprint density at radius 2 is 1.57 bits per heavy atom. The molecule has 42 heavy (non-hydrogen) atoms. The van der Waals surface area contributed by atoms with Crippen LogP contribution in [-0.2, 0) is 26.2 Å². The molecule has 0 aromatic heterocycles. The maximum absolute atomic E-state index is 13.8. The van der Waals surface area contributed by atoms with Gasteiger partial charge in [0.15, 0.2) is 0 Å². The van der Waals surface area contributed by atoms with E-state index in [0.29, 0.717) is 38.7 Å². The fourth-order valence-corrected chi connectivity index (χ4v) is 7.25. The summed E-state index contributed by atoms with van der Waals surface area (Å²) in [7, 11) is -4.13. The molecule has 0 radical (unpaired) electrons. The van der Waals surface area contributed by atoms with E-state index in [1.54, 1.807) is 18.2 Å². The fraction of sp³-hybridized carbons (Fsp3) is 0.233. The second-order valence-corrected chi connectivity index (χ2v) is 14.1. The molecule has 2 N–H and O–H groups in total. The van der Waals surface area contributed by atoms with Crippen LogP contribution in [-0.4, -0.2) is 25.5 Å². The van der Waals surface area contributed by atoms with Crippen LogP contribution in [0.1, 0.15) is 61.8 Å². The number of hydrogen-bond acceptors (Lipinski definition) is 6. The highest BCUT2D eigenvalue weighted by atomic mass is 35.5. The van der Waals surface area contributed by atoms with E-state index in [4.69, 9.17) is 23.2 Å². The van der Waals surface area contributed by atoms with Crippen LogP contribution < -0.4 is 14.9 Å². The van der Waals surface area contributed by atoms with Gasteiger partial charge in [0, 0.05) is 5.56 Å². The number of para-hydroxylation sites is 1. The van der Waals surface area contributed by atoms with Crippen molar-refractivity contribution >= 4 is 79.0 Å². The van der Waals surface area contributed by atoms with Crippen LogP contribution in [0.3, 0.4) is 0 Å². The van der Waals surface area contributed by atoms with Gasteiger partial charge in [-0.05, 0) is 70.6 Å². The molecule has 0 bridgehead atoms. The SMILES string of the molecule is CC(C)c1cccc(C(C)C)c1NS(=O)(=O)c1ccc2c(c1)C(=C1SC(=O)NC1=O)C(=O)N2Cc1ccc(Cl)c(Cl)c1. The molecular formula is C30H27Cl2N3O5S2. The van der Waals surface area contributed by atoms with Crippen molar-refractivity contribution < 1.29 is 22.8 Å². The molecule has 3 aromatic carbocycles. The Balaban J connectivity index is 1.62. The maximum Gasteiger partial charge on any atom is 0.290 e. The molecule has 2 heterocycles. The van der Waals surface area contributed by atoms with Crippen molar-refractivity contribution in [2.24, 2.45) is 0 Å². The first-order chi connectivity index (χ1) is 19.8. The summed E-state index contributed by atoms with van der Waals surface area (Å²) in [6.45, 7) is 8.04. The van der Waals surface area contributed by atoms with E-state index in [2.05, 4.69) is 10.0 Å². The van der Waals surface area contributed by atoms with Gasteiger partial charge in [0.2, 0.25) is 0 Å². The largest absolute Gasteiger partial charge is 0.303 e. The van der Waals surface area contributed by atoms with Gasteiger partial charge in [-0.15, -0.1) is 0 Å². The molecule has 0 saturated carbocycles. The van der Waals surface area contributed by atoms with Crippen molar-refractivity contribution in [3.05, 3.63) is 91.8 Å². The number of halogens is 2. The number of imide groups is 1. The third-order valence-electron chi connectivity index (χ3n) is 7.08. The Kier molecular flexibility index (Phi) is 8.19. The smallest absolute Gasteiger partial charge is 0.290 e. The van der Waals surface area contributed by atoms with Crippen molar-refractivity contribution in [2.45, 2.75) is 51.0 Å². The lowest BCUT2D eigenvalue weighted by Crippen LogP contribution is -2.26. The number of hydrogen-bond donors (Lipinski definition) is 2. The zero-order chi connectivity index (χ0) is 30.5. The summed E-state index contributed by atoms with van der Waals surface area (Å²) in [5.41, 5.74) is 3.49. The van der Waals surface area contributed by atoms with E-state index in [-0.39, 0.29) is 39.3 Å². The number of thioether (sulfide) groups is 1. The number of nitrogens with one attached hydrogen (secondary N) is 2. The summed E-state index contributed by atoms with van der Waals surface area (Å²) in [5, 5.41) is 2.23. The van der Waals surface area contributed by atoms with Crippen LogP contribution in [0.5, 0.6) is 0 Å². The number of rotatable bonds is 7. The molecule has 12 heteroatoms. The Morgan fingerprint density at radius 1 is 0.905 bits per heavy atom. The third kappa shape index (κ3) is 5.56. The van der Waals surface area contributed by atoms with Crippen LogP contribution in [0.2, 0.25) is 10.0 Å². The van der Waals surface area contributed by atoms with Gasteiger partial charge in [-0.3, -0.25) is 24.4 Å². The number of fused-ring (bicyclic) bond motifs is 1. The van der Waals surface area contributed by atoms with Crippen LogP contribution >= 0.6 is 35.0 Å². The van der Waals surface area contributed by atoms with E-state index >= 15 is 0 Å². The Bertz CT molecular complexity index is 1780. The van der Waals surface area contributed by atoms with Gasteiger partial charge < -0.3 is 4.90 Å². The van der Waals surface area contributed by atoms with Gasteiger partial charge in [0.1, 0.15) is 0 Å². The summed E-state index contributed by atoms with van der Waals surface area (Å²) in [5.74, 6) is -1.14. The molecule has 2 aliphatic heterocycles. The molecule has 0 unspecified atom stereocenters. The first-order valence-corrected chi connectivity index (χ1v) is 16.2. The molecule has 1 fully saturated rings. The second kappa shape index (κ2) is 11.4. The van der Waals surface area contributed by atoms with Crippen molar-refractivity contribution in [1.82, 2.24) is 5.32 Å². The molecule has 8 nitrogen and oxygen atoms in total. The lowest BCUT2D eigenvalue weighted by molar-refractivity contribution is -0.116. The van der Waals surface area contributed by atoms with Crippen molar-refractivity contribution in [3.63, 3.8) is 0 Å². The predicted molar refractivity (Wildman–Crippen MR) is 168 cm³/mol. The van der Waals surface area contributed by atoms with Gasteiger partial charge >= 0.3 is 0 Å². The highest BCUT2D eigenvalue weighted by Gasteiger charge is 2.40. The van der Waals surface area contributed by atoms with Crippen molar-refractivity contribution in [2.75, 3.05) is 9.62 Å². The first kappa shape index (κ1) is 30.2. The molecule has 218 valence electrons. The van der Waals surface area contributed by atoms with E-state index < -0.39 is 27.1 Å². The summed E-state index contributed by atoms with van der Waals surface area (Å²) in [6.07, 6.45) is 0. The summed E-state index contributed by atoms with van der Waals surface area (Å²) >= 11 is 12.9. The molecule has 0 aliphatic carbocycles. The van der Waals surface area contributed by atoms with Gasteiger partial charge in [-0.2, -0.15) is 0 Å². The summed E-state index contributed by atoms with van der Waals surface area (Å²) in [6, 6.07) is 15.0. The second-order valence-electron chi connectivity index (χ2n) is 10.6. The normalized spacial score (nSPS) is 17.0. The summed E-state index contributed by atoms with van der Waals surface area (Å²) in [4.78, 5) is 39.7. The van der Waals surface area contributed by atoms with E-state index in [1.807, 2.05) is 45.9 Å². The quantitative estimate of drug-likeness (QED) is 0.262. The Labute approximate surface area is 258 Å². The number of sulfonamides is 1. The molecule has 2 aliphatic rings. The molecule has 0 atom stereocenters. The lowest BCUT2D eigenvalue weighted by atomic mass is 9.93. The minimum atomic E-state index is -4.13. The van der Waals surface area contributed by atoms with Gasteiger partial charge in [0.25, 0.3) is 27.1 Å². The number of nitrogens with zero attached hydrogens (tertiary/aromatic N) is 1. The zero-order valence-corrected chi connectivity index (χ0v) is 26.3. The van der Waals surface area contributed by atoms with Crippen LogP contribution in [0, 0.1) is 0 Å². The highest BCUT2D eigenvalue weighted by molar-refractivity contribution is 8.18. The van der Waals surface area contributed by atoms with Gasteiger partial charge in [0.05, 0.1) is 43.3 Å². The van der Waals surface area contributed by atoms with Crippen LogP contribution in [0.25, 0.3) is 5.57 Å². The number of carbonyl (C=O) groups is 3. The molecule has 5 rings (SSSR count). The Morgan fingerprint density at radius 3 is 2.14 bits per heavy atom. The monoisotopic (exact) mass is 643 g/mol. The van der Waals surface area contributed by atoms with Crippen LogP contribution in [0.15, 0.2) is 64.4 Å². The lowest BCUT2D eigenvalue weighted by Gasteiger charge is -2.21. The Hall–Kier alpha value is -3.31. The highest BCUT2D eigenvalue weighted by Crippen LogP contribution is 2.45. The zero-order valence-electron chi connectivity index (χ0n) is 23.1. The molecule has 3 amide bonds. The van der Waals surface area contributed by atoms with E-state index in [1.165, 1.54) is 23.1 Å². The van der Waals surface area contributed by atoms with Gasteiger partial charge in [-0.25, -0.2) is 8.42 Å². The van der Waals surface area contributed by atoms with E-state index in [0.717, 1.165) is 11.1 Å². The standard InChI is InChI=1S/C30H27Cl2N3O5S2/c1-15(2)19-6-5-7-20(16(3)4)26(19)34-42(39,40)18-9-11-24-21(13-18)25(27-28(36)33-30(38)41-27)29(37)35(24)14-17-8-10-22(31)23(32)12-17/h5-13,15-16,34H,14H2,1-4H3,(H,33,36,38). The number of carbonyl (C=O) groups excluding carboxylic acids is 3. The molecule has 0 spiro atoms. The topological polar surface area (TPSA) is 113 Å². The van der Waals surface area contributed by atoms with Gasteiger partial charge in [-0.1, -0.05) is 75.2 Å². The fourth-order valence-electron chi connectivity index (χ4n) is 5.02. The van der Waals surface area contributed by atoms with E-state index in [9.17, 15) is 22.8 Å². The minimum Gasteiger partial charge on any atom is -0.303 e.